The summed E-state index contributed by atoms with van der Waals surface area (Å²) in [6, 6.07) is -1.15. The average Bonchev–Trinajstić information content (AvgIpc) is 2.74. The lowest BCUT2D eigenvalue weighted by Crippen LogP contribution is -2.62. The van der Waals surface area contributed by atoms with E-state index in [4.69, 9.17) is 5.73 Å². The summed E-state index contributed by atoms with van der Waals surface area (Å²) in [7, 11) is 0. The fourth-order valence-electron chi connectivity index (χ4n) is 4.00. The monoisotopic (exact) mass is 439 g/mol. The molecule has 31 heavy (non-hydrogen) atoms. The Bertz CT molecular complexity index is 672. The number of likely N-dealkylation sites (tertiary alicyclic amines) is 1. The molecular formula is C21H37N5O5. The Morgan fingerprint density at radius 1 is 1.23 bits per heavy atom. The lowest BCUT2D eigenvalue weighted by atomic mass is 9.92. The molecular weight excluding hydrogens is 402 g/mol. The summed E-state index contributed by atoms with van der Waals surface area (Å²) in [5.41, 5.74) is 7.00. The molecule has 0 aromatic heterocycles. The van der Waals surface area contributed by atoms with Crippen molar-refractivity contribution in [3.8, 4) is 0 Å². The molecule has 2 rings (SSSR count). The molecule has 0 aromatic rings. The number of hydrogen-bond acceptors (Lipinski definition) is 7. The van der Waals surface area contributed by atoms with Crippen LogP contribution in [0.4, 0.5) is 0 Å². The van der Waals surface area contributed by atoms with Gasteiger partial charge in [0.15, 0.2) is 0 Å². The number of carboxylic acid groups (broad SMARTS) is 1. The highest BCUT2D eigenvalue weighted by Crippen LogP contribution is 2.23. The van der Waals surface area contributed by atoms with Crippen LogP contribution in [0.5, 0.6) is 0 Å². The summed E-state index contributed by atoms with van der Waals surface area (Å²) in [5, 5.41) is 13.2. The number of imide groups is 1. The third kappa shape index (κ3) is 7.26. The molecule has 10 nitrogen and oxygen atoms in total. The molecule has 176 valence electrons. The zero-order valence-electron chi connectivity index (χ0n) is 18.9. The lowest BCUT2D eigenvalue weighted by molar-refractivity contribution is -0.158. The molecule has 0 saturated carbocycles. The standard InChI is InChI=1S/C21H37N5O5/c1-14(19(29)30)24-26(20(31)21(2,3)22)18(28)16-5-4-12-25(13-16)17(27)7-6-15-8-10-23-11-9-15/h14-16,23-24H,4-13,22H2,1-3H3,(H,29,30)/t14-,16-/m1/s1. The number of nitrogens with two attached hydrogens (primary N) is 1. The number of nitrogens with one attached hydrogen (secondary N) is 2. The highest BCUT2D eigenvalue weighted by atomic mass is 16.4. The van der Waals surface area contributed by atoms with Crippen LogP contribution < -0.4 is 16.5 Å². The Labute approximate surface area is 183 Å². The number of carbonyl (C=O) groups excluding carboxylic acids is 3. The summed E-state index contributed by atoms with van der Waals surface area (Å²) in [5.74, 6) is -2.46. The van der Waals surface area contributed by atoms with Gasteiger partial charge in [-0.15, -0.1) is 0 Å². The predicted molar refractivity (Wildman–Crippen MR) is 114 cm³/mol. The lowest BCUT2D eigenvalue weighted by Gasteiger charge is -2.36. The molecule has 0 radical (unpaired) electrons. The van der Waals surface area contributed by atoms with E-state index in [0.717, 1.165) is 37.4 Å². The third-order valence-corrected chi connectivity index (χ3v) is 6.02. The number of carbonyl (C=O) groups is 4. The molecule has 0 bridgehead atoms. The average molecular weight is 440 g/mol. The number of amides is 3. The van der Waals surface area contributed by atoms with E-state index in [1.807, 2.05) is 0 Å². The van der Waals surface area contributed by atoms with E-state index in [-0.39, 0.29) is 12.5 Å². The molecule has 0 aliphatic carbocycles. The smallest absolute Gasteiger partial charge is 0.322 e. The van der Waals surface area contributed by atoms with Gasteiger partial charge in [-0.1, -0.05) is 0 Å². The SMILES string of the molecule is C[C@@H](NN(C(=O)[C@@H]1CCCN(C(=O)CCC2CCNCC2)C1)C(=O)C(C)(C)N)C(=O)O. The molecule has 0 aromatic carbocycles. The van der Waals surface area contributed by atoms with Crippen LogP contribution in [0.2, 0.25) is 0 Å². The molecule has 2 heterocycles. The molecule has 10 heteroatoms. The van der Waals surface area contributed by atoms with Crippen LogP contribution in [0, 0.1) is 11.8 Å². The maximum atomic E-state index is 13.2. The van der Waals surface area contributed by atoms with Crippen molar-refractivity contribution in [2.75, 3.05) is 26.2 Å². The fraction of sp³-hybridized carbons (Fsp3) is 0.810. The van der Waals surface area contributed by atoms with Gasteiger partial charge in [0.1, 0.15) is 6.04 Å². The zero-order chi connectivity index (χ0) is 23.2. The van der Waals surface area contributed by atoms with Crippen molar-refractivity contribution >= 4 is 23.7 Å². The van der Waals surface area contributed by atoms with E-state index in [1.54, 1.807) is 4.90 Å². The van der Waals surface area contributed by atoms with Crippen LogP contribution in [0.15, 0.2) is 0 Å². The number of piperidine rings is 2. The van der Waals surface area contributed by atoms with Gasteiger partial charge in [-0.2, -0.15) is 0 Å². The van der Waals surface area contributed by atoms with Crippen molar-refractivity contribution in [3.63, 3.8) is 0 Å². The van der Waals surface area contributed by atoms with Crippen molar-refractivity contribution in [1.29, 1.82) is 0 Å². The fourth-order valence-corrected chi connectivity index (χ4v) is 4.00. The Balaban J connectivity index is 2.02. The normalized spacial score (nSPS) is 21.4. The Hall–Kier alpha value is -2.04. The quantitative estimate of drug-likeness (QED) is 0.389. The second kappa shape index (κ2) is 11.0. The predicted octanol–water partition coefficient (Wildman–Crippen LogP) is 0.0750. The molecule has 3 amide bonds. The Morgan fingerprint density at radius 3 is 2.45 bits per heavy atom. The number of hydrazine groups is 1. The van der Waals surface area contributed by atoms with Gasteiger partial charge in [0, 0.05) is 19.5 Å². The van der Waals surface area contributed by atoms with Crippen molar-refractivity contribution in [2.45, 2.75) is 70.9 Å². The molecule has 2 saturated heterocycles. The van der Waals surface area contributed by atoms with Gasteiger partial charge in [-0.25, -0.2) is 10.4 Å². The highest BCUT2D eigenvalue weighted by Gasteiger charge is 2.39. The minimum atomic E-state index is -1.36. The number of rotatable bonds is 8. The molecule has 2 aliphatic heterocycles. The van der Waals surface area contributed by atoms with Crippen LogP contribution in [0.1, 0.15) is 59.3 Å². The van der Waals surface area contributed by atoms with Gasteiger partial charge >= 0.3 is 5.97 Å². The minimum absolute atomic E-state index is 0.0277. The summed E-state index contributed by atoms with van der Waals surface area (Å²) >= 11 is 0. The molecule has 0 unspecified atom stereocenters. The summed E-state index contributed by atoms with van der Waals surface area (Å²) in [4.78, 5) is 51.6. The number of nitrogens with zero attached hydrogens (tertiary/aromatic N) is 2. The molecule has 0 spiro atoms. The largest absolute Gasteiger partial charge is 0.480 e. The van der Waals surface area contributed by atoms with Gasteiger partial charge in [0.05, 0.1) is 11.5 Å². The first-order valence-corrected chi connectivity index (χ1v) is 11.2. The van der Waals surface area contributed by atoms with Gasteiger partial charge in [0.2, 0.25) is 11.8 Å². The Morgan fingerprint density at radius 2 is 1.87 bits per heavy atom. The first-order chi connectivity index (χ1) is 14.5. The molecule has 2 atom stereocenters. The number of aliphatic carboxylic acids is 1. The third-order valence-electron chi connectivity index (χ3n) is 6.02. The van der Waals surface area contributed by atoms with Crippen LogP contribution in [-0.2, 0) is 19.2 Å². The first-order valence-electron chi connectivity index (χ1n) is 11.2. The van der Waals surface area contributed by atoms with Crippen LogP contribution in [0.3, 0.4) is 0 Å². The summed E-state index contributed by atoms with van der Waals surface area (Å²) in [6.07, 6.45) is 4.63. The minimum Gasteiger partial charge on any atom is -0.480 e. The summed E-state index contributed by atoms with van der Waals surface area (Å²) < 4.78 is 0. The van der Waals surface area contributed by atoms with Crippen LogP contribution >= 0.6 is 0 Å². The molecule has 5 N–H and O–H groups in total. The van der Waals surface area contributed by atoms with E-state index in [1.165, 1.54) is 20.8 Å². The maximum Gasteiger partial charge on any atom is 0.322 e. The van der Waals surface area contributed by atoms with Crippen molar-refractivity contribution in [3.05, 3.63) is 0 Å². The van der Waals surface area contributed by atoms with Gasteiger partial charge in [-0.3, -0.25) is 19.2 Å². The van der Waals surface area contributed by atoms with E-state index in [0.29, 0.717) is 31.7 Å². The highest BCUT2D eigenvalue weighted by molar-refractivity contribution is 6.00. The first kappa shape index (κ1) is 25.2. The second-order valence-electron chi connectivity index (χ2n) is 9.30. The van der Waals surface area contributed by atoms with Crippen LogP contribution in [-0.4, -0.2) is 76.5 Å². The zero-order valence-corrected chi connectivity index (χ0v) is 18.9. The van der Waals surface area contributed by atoms with E-state index in [2.05, 4.69) is 10.7 Å². The topological polar surface area (TPSA) is 145 Å². The van der Waals surface area contributed by atoms with Gasteiger partial charge < -0.3 is 21.1 Å². The van der Waals surface area contributed by atoms with Crippen molar-refractivity contribution < 1.29 is 24.3 Å². The molecule has 2 aliphatic rings. The van der Waals surface area contributed by atoms with Crippen molar-refractivity contribution in [1.82, 2.24) is 20.7 Å². The number of carboxylic acids is 1. The van der Waals surface area contributed by atoms with Crippen LogP contribution in [0.25, 0.3) is 0 Å². The van der Waals surface area contributed by atoms with Crippen molar-refractivity contribution in [2.24, 2.45) is 17.6 Å². The van der Waals surface area contributed by atoms with E-state index in [9.17, 15) is 24.3 Å². The van der Waals surface area contributed by atoms with E-state index >= 15 is 0 Å². The molecule has 2 fully saturated rings. The maximum absolute atomic E-state index is 13.2. The summed E-state index contributed by atoms with van der Waals surface area (Å²) in [6.45, 7) is 7.05. The second-order valence-corrected chi connectivity index (χ2v) is 9.30. The van der Waals surface area contributed by atoms with Gasteiger partial charge in [0.25, 0.3) is 5.91 Å². The van der Waals surface area contributed by atoms with Gasteiger partial charge in [-0.05, 0) is 71.9 Å². The Kier molecular flexibility index (Phi) is 8.96. The van der Waals surface area contributed by atoms with E-state index < -0.39 is 35.3 Å². The number of hydrogen-bond donors (Lipinski definition) is 4.